The number of anilines is 2. The van der Waals surface area contributed by atoms with Crippen molar-refractivity contribution >= 4 is 11.4 Å². The summed E-state index contributed by atoms with van der Waals surface area (Å²) in [5.41, 5.74) is 1.74. The highest BCUT2D eigenvalue weighted by molar-refractivity contribution is 5.65. The quantitative estimate of drug-likeness (QED) is 0.543. The average molecular weight is 240 g/mol. The molecule has 1 aromatic rings. The van der Waals surface area contributed by atoms with Gasteiger partial charge < -0.3 is 25.6 Å². The van der Waals surface area contributed by atoms with Gasteiger partial charge in [-0.25, -0.2) is 0 Å². The number of aliphatic hydroxyl groups is 2. The zero-order valence-electron chi connectivity index (χ0n) is 10.1. The fourth-order valence-electron chi connectivity index (χ4n) is 1.45. The van der Waals surface area contributed by atoms with Crippen LogP contribution in [-0.4, -0.2) is 43.1 Å². The molecule has 0 bridgehead atoms. The van der Waals surface area contributed by atoms with E-state index in [1.807, 2.05) is 25.1 Å². The van der Waals surface area contributed by atoms with Crippen LogP contribution in [0.4, 0.5) is 11.4 Å². The SMILES string of the molecule is CCOc1ccc(NCCO)cc1NCCO. The van der Waals surface area contributed by atoms with E-state index in [-0.39, 0.29) is 13.2 Å². The van der Waals surface area contributed by atoms with Crippen LogP contribution in [0, 0.1) is 0 Å². The summed E-state index contributed by atoms with van der Waals surface area (Å²) in [5, 5.41) is 23.7. The first kappa shape index (κ1) is 13.6. The molecule has 0 saturated heterocycles. The smallest absolute Gasteiger partial charge is 0.142 e. The van der Waals surface area contributed by atoms with Crippen molar-refractivity contribution in [2.75, 3.05) is 43.5 Å². The third-order valence-electron chi connectivity index (χ3n) is 2.15. The van der Waals surface area contributed by atoms with E-state index in [1.54, 1.807) is 0 Å². The molecular formula is C12H20N2O3. The van der Waals surface area contributed by atoms with E-state index in [0.29, 0.717) is 19.7 Å². The van der Waals surface area contributed by atoms with Gasteiger partial charge in [0.2, 0.25) is 0 Å². The Labute approximate surface area is 101 Å². The Morgan fingerprint density at radius 1 is 1.12 bits per heavy atom. The first-order valence-corrected chi connectivity index (χ1v) is 5.78. The summed E-state index contributed by atoms with van der Waals surface area (Å²) in [7, 11) is 0. The fraction of sp³-hybridized carbons (Fsp3) is 0.500. The Hall–Kier alpha value is -1.46. The summed E-state index contributed by atoms with van der Waals surface area (Å²) < 4.78 is 5.47. The van der Waals surface area contributed by atoms with Crippen molar-refractivity contribution in [3.8, 4) is 5.75 Å². The van der Waals surface area contributed by atoms with Crippen molar-refractivity contribution in [2.45, 2.75) is 6.92 Å². The predicted octanol–water partition coefficient (Wildman–Crippen LogP) is 0.894. The molecule has 1 rings (SSSR count). The molecule has 0 amide bonds. The maximum atomic E-state index is 8.81. The molecule has 0 unspecified atom stereocenters. The summed E-state index contributed by atoms with van der Waals surface area (Å²) >= 11 is 0. The number of ether oxygens (including phenoxy) is 1. The van der Waals surface area contributed by atoms with Crippen LogP contribution in [0.2, 0.25) is 0 Å². The van der Waals surface area contributed by atoms with Gasteiger partial charge in [0.1, 0.15) is 5.75 Å². The second-order valence-electron chi connectivity index (χ2n) is 3.44. The van der Waals surface area contributed by atoms with Crippen molar-refractivity contribution in [3.05, 3.63) is 18.2 Å². The number of nitrogens with one attached hydrogen (secondary N) is 2. The van der Waals surface area contributed by atoms with Crippen molar-refractivity contribution in [2.24, 2.45) is 0 Å². The van der Waals surface area contributed by atoms with Gasteiger partial charge in [0.25, 0.3) is 0 Å². The van der Waals surface area contributed by atoms with Crippen LogP contribution in [0.25, 0.3) is 0 Å². The lowest BCUT2D eigenvalue weighted by Crippen LogP contribution is -2.09. The number of hydrogen-bond donors (Lipinski definition) is 4. The van der Waals surface area contributed by atoms with Gasteiger partial charge in [-0.3, -0.25) is 0 Å². The topological polar surface area (TPSA) is 73.8 Å². The third kappa shape index (κ3) is 4.50. The zero-order chi connectivity index (χ0) is 12.5. The van der Waals surface area contributed by atoms with Gasteiger partial charge in [-0.15, -0.1) is 0 Å². The van der Waals surface area contributed by atoms with Gasteiger partial charge >= 0.3 is 0 Å². The van der Waals surface area contributed by atoms with Crippen LogP contribution in [0.5, 0.6) is 5.75 Å². The number of rotatable bonds is 8. The van der Waals surface area contributed by atoms with E-state index < -0.39 is 0 Å². The Morgan fingerprint density at radius 3 is 2.47 bits per heavy atom. The lowest BCUT2D eigenvalue weighted by molar-refractivity contribution is 0.310. The molecule has 0 fully saturated rings. The van der Waals surface area contributed by atoms with Gasteiger partial charge in [-0.05, 0) is 25.1 Å². The van der Waals surface area contributed by atoms with Crippen LogP contribution in [0.3, 0.4) is 0 Å². The van der Waals surface area contributed by atoms with Crippen molar-refractivity contribution in [3.63, 3.8) is 0 Å². The molecule has 0 aliphatic heterocycles. The summed E-state index contributed by atoms with van der Waals surface area (Å²) in [6.45, 7) is 3.66. The van der Waals surface area contributed by atoms with Crippen LogP contribution in [0.15, 0.2) is 18.2 Å². The van der Waals surface area contributed by atoms with Gasteiger partial charge in [-0.2, -0.15) is 0 Å². The molecule has 0 aromatic heterocycles. The van der Waals surface area contributed by atoms with Gasteiger partial charge in [0, 0.05) is 18.8 Å². The largest absolute Gasteiger partial charge is 0.492 e. The minimum absolute atomic E-state index is 0.0693. The van der Waals surface area contributed by atoms with E-state index in [9.17, 15) is 0 Å². The highest BCUT2D eigenvalue weighted by Gasteiger charge is 2.04. The maximum absolute atomic E-state index is 8.81. The molecule has 0 saturated carbocycles. The molecule has 5 heteroatoms. The molecule has 0 heterocycles. The van der Waals surface area contributed by atoms with Crippen LogP contribution >= 0.6 is 0 Å². The van der Waals surface area contributed by atoms with Crippen LogP contribution < -0.4 is 15.4 Å². The highest BCUT2D eigenvalue weighted by atomic mass is 16.5. The third-order valence-corrected chi connectivity index (χ3v) is 2.15. The van der Waals surface area contributed by atoms with E-state index in [1.165, 1.54) is 0 Å². The molecule has 1 aromatic carbocycles. The molecule has 5 nitrogen and oxygen atoms in total. The molecule has 0 radical (unpaired) electrons. The van der Waals surface area contributed by atoms with E-state index in [2.05, 4.69) is 10.6 Å². The number of benzene rings is 1. The van der Waals surface area contributed by atoms with E-state index >= 15 is 0 Å². The molecule has 0 aliphatic carbocycles. The zero-order valence-corrected chi connectivity index (χ0v) is 10.1. The number of hydrogen-bond acceptors (Lipinski definition) is 5. The molecule has 0 spiro atoms. The van der Waals surface area contributed by atoms with Crippen molar-refractivity contribution in [1.29, 1.82) is 0 Å². The Morgan fingerprint density at radius 2 is 1.82 bits per heavy atom. The second kappa shape index (κ2) is 7.76. The standard InChI is InChI=1S/C12H20N2O3/c1-2-17-12-4-3-10(13-5-7-15)9-11(12)14-6-8-16/h3-4,9,13-16H,2,5-8H2,1H3. The second-order valence-corrected chi connectivity index (χ2v) is 3.44. The van der Waals surface area contributed by atoms with Crippen molar-refractivity contribution in [1.82, 2.24) is 0 Å². The normalized spacial score (nSPS) is 10.1. The molecular weight excluding hydrogens is 220 g/mol. The molecule has 0 aliphatic rings. The lowest BCUT2D eigenvalue weighted by Gasteiger charge is -2.14. The van der Waals surface area contributed by atoms with Gasteiger partial charge in [0.05, 0.1) is 25.5 Å². The predicted molar refractivity (Wildman–Crippen MR) is 68.8 cm³/mol. The average Bonchev–Trinajstić information content (AvgIpc) is 2.36. The Bertz CT molecular complexity index is 332. The maximum Gasteiger partial charge on any atom is 0.142 e. The lowest BCUT2D eigenvalue weighted by atomic mass is 10.2. The first-order chi connectivity index (χ1) is 8.31. The van der Waals surface area contributed by atoms with Gasteiger partial charge in [0.15, 0.2) is 0 Å². The Kier molecular flexibility index (Phi) is 6.21. The Balaban J connectivity index is 2.76. The first-order valence-electron chi connectivity index (χ1n) is 5.78. The summed E-state index contributed by atoms with van der Waals surface area (Å²) in [5.74, 6) is 0.760. The number of aliphatic hydroxyl groups excluding tert-OH is 2. The van der Waals surface area contributed by atoms with Gasteiger partial charge in [-0.1, -0.05) is 0 Å². The summed E-state index contributed by atoms with van der Waals surface area (Å²) in [4.78, 5) is 0. The molecule has 0 atom stereocenters. The summed E-state index contributed by atoms with van der Waals surface area (Å²) in [6.07, 6.45) is 0. The molecule has 4 N–H and O–H groups in total. The fourth-order valence-corrected chi connectivity index (χ4v) is 1.45. The monoisotopic (exact) mass is 240 g/mol. The molecule has 96 valence electrons. The van der Waals surface area contributed by atoms with Crippen molar-refractivity contribution < 1.29 is 14.9 Å². The van der Waals surface area contributed by atoms with E-state index in [4.69, 9.17) is 14.9 Å². The van der Waals surface area contributed by atoms with Crippen LogP contribution in [-0.2, 0) is 0 Å². The van der Waals surface area contributed by atoms with Crippen LogP contribution in [0.1, 0.15) is 6.92 Å². The summed E-state index contributed by atoms with van der Waals surface area (Å²) in [6, 6.07) is 5.66. The highest BCUT2D eigenvalue weighted by Crippen LogP contribution is 2.27. The minimum atomic E-state index is 0.0693. The van der Waals surface area contributed by atoms with E-state index in [0.717, 1.165) is 17.1 Å². The minimum Gasteiger partial charge on any atom is -0.492 e. The molecule has 17 heavy (non-hydrogen) atoms.